The van der Waals surface area contributed by atoms with E-state index < -0.39 is 11.4 Å². The number of hydrogen-bond acceptors (Lipinski definition) is 4. The molecule has 0 saturated carbocycles. The van der Waals surface area contributed by atoms with Gasteiger partial charge in [0.1, 0.15) is 12.1 Å². The van der Waals surface area contributed by atoms with E-state index in [1.165, 1.54) is 11.1 Å². The fraction of sp³-hybridized carbons (Fsp3) is 0.444. The van der Waals surface area contributed by atoms with Crippen LogP contribution in [0.2, 0.25) is 0 Å². The lowest BCUT2D eigenvalue weighted by Gasteiger charge is -2.45. The Morgan fingerprint density at radius 1 is 0.971 bits per heavy atom. The topological polar surface area (TPSA) is 86.9 Å². The van der Waals surface area contributed by atoms with Gasteiger partial charge in [-0.05, 0) is 55.2 Å². The van der Waals surface area contributed by atoms with Gasteiger partial charge in [0.05, 0.1) is 0 Å². The SMILES string of the molecule is NC(=O)CN1C(=O)N(CCc2ccccc2)C2(CCN(C3CCc4ccccc4C3)CC2)C1=O. The molecule has 0 bridgehead atoms. The van der Waals surface area contributed by atoms with Gasteiger partial charge in [0.15, 0.2) is 0 Å². The zero-order chi connectivity index (χ0) is 23.7. The van der Waals surface area contributed by atoms with Crippen molar-refractivity contribution in [1.82, 2.24) is 14.7 Å². The number of rotatable bonds is 6. The van der Waals surface area contributed by atoms with Crippen molar-refractivity contribution in [3.05, 3.63) is 71.3 Å². The van der Waals surface area contributed by atoms with Gasteiger partial charge in [0, 0.05) is 25.7 Å². The zero-order valence-corrected chi connectivity index (χ0v) is 19.5. The minimum absolute atomic E-state index is 0.266. The molecular weight excluding hydrogens is 428 g/mol. The lowest BCUT2D eigenvalue weighted by molar-refractivity contribution is -0.138. The van der Waals surface area contributed by atoms with E-state index in [-0.39, 0.29) is 18.5 Å². The number of carbonyl (C=O) groups is 3. The van der Waals surface area contributed by atoms with E-state index in [4.69, 9.17) is 5.73 Å². The van der Waals surface area contributed by atoms with E-state index in [1.54, 1.807) is 4.90 Å². The summed E-state index contributed by atoms with van der Waals surface area (Å²) < 4.78 is 0. The Morgan fingerprint density at radius 2 is 1.65 bits per heavy atom. The normalized spacial score (nSPS) is 22.3. The van der Waals surface area contributed by atoms with E-state index in [1.807, 2.05) is 30.3 Å². The summed E-state index contributed by atoms with van der Waals surface area (Å²) in [6.07, 6.45) is 5.05. The summed E-state index contributed by atoms with van der Waals surface area (Å²) in [5.74, 6) is -0.932. The Labute approximate surface area is 200 Å². The molecule has 178 valence electrons. The van der Waals surface area contributed by atoms with E-state index in [0.29, 0.717) is 31.8 Å². The van der Waals surface area contributed by atoms with Crippen molar-refractivity contribution in [3.8, 4) is 0 Å². The summed E-state index contributed by atoms with van der Waals surface area (Å²) in [6, 6.07) is 18.7. The molecule has 7 heteroatoms. The Morgan fingerprint density at radius 3 is 2.35 bits per heavy atom. The molecule has 5 rings (SSSR count). The van der Waals surface area contributed by atoms with Gasteiger partial charge >= 0.3 is 6.03 Å². The van der Waals surface area contributed by atoms with Crippen molar-refractivity contribution in [1.29, 1.82) is 0 Å². The smallest absolute Gasteiger partial charge is 0.328 e. The number of nitrogens with zero attached hydrogens (tertiary/aromatic N) is 3. The highest BCUT2D eigenvalue weighted by molar-refractivity contribution is 6.09. The highest BCUT2D eigenvalue weighted by Crippen LogP contribution is 2.39. The molecule has 2 N–H and O–H groups in total. The highest BCUT2D eigenvalue weighted by atomic mass is 16.2. The van der Waals surface area contributed by atoms with Crippen LogP contribution < -0.4 is 5.73 Å². The number of hydrogen-bond donors (Lipinski definition) is 1. The molecule has 2 saturated heterocycles. The standard InChI is InChI=1S/C27H32N4O3/c28-24(32)19-30-25(33)27(31(26(30)34)15-12-20-6-2-1-3-7-20)13-16-29(17-14-27)23-11-10-21-8-4-5-9-22(21)18-23/h1-9,23H,10-19H2,(H2,28,32). The van der Waals surface area contributed by atoms with Crippen molar-refractivity contribution in [2.24, 2.45) is 5.73 Å². The van der Waals surface area contributed by atoms with E-state index in [2.05, 4.69) is 29.2 Å². The van der Waals surface area contributed by atoms with Crippen LogP contribution in [-0.2, 0) is 28.9 Å². The quantitative estimate of drug-likeness (QED) is 0.671. The van der Waals surface area contributed by atoms with Crippen molar-refractivity contribution >= 4 is 17.8 Å². The van der Waals surface area contributed by atoms with Gasteiger partial charge in [-0.2, -0.15) is 0 Å². The number of urea groups is 1. The average Bonchev–Trinajstić information content (AvgIpc) is 3.04. The van der Waals surface area contributed by atoms with Crippen LogP contribution in [0.1, 0.15) is 36.0 Å². The fourth-order valence-electron chi connectivity index (χ4n) is 6.01. The number of imide groups is 1. The lowest BCUT2D eigenvalue weighted by atomic mass is 9.82. The van der Waals surface area contributed by atoms with Crippen molar-refractivity contribution < 1.29 is 14.4 Å². The third-order valence-electron chi connectivity index (χ3n) is 7.87. The van der Waals surface area contributed by atoms with Gasteiger partial charge in [-0.1, -0.05) is 54.6 Å². The first-order valence-electron chi connectivity index (χ1n) is 12.2. The van der Waals surface area contributed by atoms with Crippen LogP contribution in [0.15, 0.2) is 54.6 Å². The van der Waals surface area contributed by atoms with E-state index in [0.717, 1.165) is 42.8 Å². The van der Waals surface area contributed by atoms with Crippen LogP contribution in [0.25, 0.3) is 0 Å². The van der Waals surface area contributed by atoms with E-state index >= 15 is 0 Å². The van der Waals surface area contributed by atoms with Crippen LogP contribution in [-0.4, -0.2) is 70.3 Å². The van der Waals surface area contributed by atoms with Gasteiger partial charge in [-0.15, -0.1) is 0 Å². The molecule has 2 heterocycles. The zero-order valence-electron chi connectivity index (χ0n) is 19.5. The second kappa shape index (κ2) is 9.22. The second-order valence-electron chi connectivity index (χ2n) is 9.76. The number of aryl methyl sites for hydroxylation is 1. The Bertz CT molecular complexity index is 1080. The van der Waals surface area contributed by atoms with Crippen LogP contribution in [0.3, 0.4) is 0 Å². The Kier molecular flexibility index (Phi) is 6.13. The summed E-state index contributed by atoms with van der Waals surface area (Å²) in [5.41, 5.74) is 8.46. The highest BCUT2D eigenvalue weighted by Gasteiger charge is 2.58. The predicted octanol–water partition coefficient (Wildman–Crippen LogP) is 2.37. The molecule has 2 aromatic rings. The summed E-state index contributed by atoms with van der Waals surface area (Å²) >= 11 is 0. The maximum atomic E-state index is 13.5. The number of fused-ring (bicyclic) bond motifs is 1. The number of carbonyl (C=O) groups excluding carboxylic acids is 3. The Hall–Kier alpha value is -3.19. The van der Waals surface area contributed by atoms with Gasteiger partial charge in [-0.25, -0.2) is 4.79 Å². The first kappa shape index (κ1) is 22.6. The Balaban J connectivity index is 1.32. The number of nitrogens with two attached hydrogens (primary N) is 1. The minimum atomic E-state index is -0.885. The number of amides is 4. The minimum Gasteiger partial charge on any atom is -0.368 e. The monoisotopic (exact) mass is 460 g/mol. The lowest BCUT2D eigenvalue weighted by Crippen LogP contribution is -2.58. The molecule has 4 amide bonds. The molecule has 0 aromatic heterocycles. The summed E-state index contributed by atoms with van der Waals surface area (Å²) in [7, 11) is 0. The molecule has 1 unspecified atom stereocenters. The molecule has 0 radical (unpaired) electrons. The molecule has 2 fully saturated rings. The third kappa shape index (κ3) is 4.09. The van der Waals surface area contributed by atoms with Crippen LogP contribution >= 0.6 is 0 Å². The molecule has 2 aliphatic heterocycles. The van der Waals surface area contributed by atoms with Gasteiger partial charge < -0.3 is 10.6 Å². The molecule has 3 aliphatic rings. The average molecular weight is 461 g/mol. The first-order chi connectivity index (χ1) is 16.5. The molecule has 2 aromatic carbocycles. The number of piperidine rings is 1. The van der Waals surface area contributed by atoms with Crippen molar-refractivity contribution in [3.63, 3.8) is 0 Å². The number of primary amides is 1. The molecule has 34 heavy (non-hydrogen) atoms. The number of likely N-dealkylation sites (tertiary alicyclic amines) is 1. The molecule has 7 nitrogen and oxygen atoms in total. The molecule has 1 aliphatic carbocycles. The van der Waals surface area contributed by atoms with Gasteiger partial charge in [-0.3, -0.25) is 19.4 Å². The first-order valence-corrected chi connectivity index (χ1v) is 12.2. The summed E-state index contributed by atoms with van der Waals surface area (Å²) in [5, 5.41) is 0. The second-order valence-corrected chi connectivity index (χ2v) is 9.76. The predicted molar refractivity (Wildman–Crippen MR) is 129 cm³/mol. The third-order valence-corrected chi connectivity index (χ3v) is 7.87. The largest absolute Gasteiger partial charge is 0.368 e. The summed E-state index contributed by atoms with van der Waals surface area (Å²) in [4.78, 5) is 43.7. The maximum Gasteiger partial charge on any atom is 0.328 e. The van der Waals surface area contributed by atoms with Crippen LogP contribution in [0, 0.1) is 0 Å². The van der Waals surface area contributed by atoms with Crippen LogP contribution in [0.4, 0.5) is 4.79 Å². The van der Waals surface area contributed by atoms with Gasteiger partial charge in [0.2, 0.25) is 5.91 Å². The molecule has 1 spiro atoms. The summed E-state index contributed by atoms with van der Waals surface area (Å²) in [6.45, 7) is 1.61. The van der Waals surface area contributed by atoms with Crippen molar-refractivity contribution in [2.45, 2.75) is 50.1 Å². The molecule has 1 atom stereocenters. The maximum absolute atomic E-state index is 13.5. The van der Waals surface area contributed by atoms with Gasteiger partial charge in [0.25, 0.3) is 5.91 Å². The van der Waals surface area contributed by atoms with E-state index in [9.17, 15) is 14.4 Å². The molecular formula is C27H32N4O3. The number of benzene rings is 2. The van der Waals surface area contributed by atoms with Crippen molar-refractivity contribution in [2.75, 3.05) is 26.2 Å². The van der Waals surface area contributed by atoms with Crippen LogP contribution in [0.5, 0.6) is 0 Å². The fourth-order valence-corrected chi connectivity index (χ4v) is 6.01.